The van der Waals surface area contributed by atoms with Crippen molar-refractivity contribution >= 4 is 34.5 Å². The molecule has 0 saturated heterocycles. The van der Waals surface area contributed by atoms with Gasteiger partial charge in [0.05, 0.1) is 43.7 Å². The van der Waals surface area contributed by atoms with E-state index in [-0.39, 0.29) is 11.6 Å². The predicted octanol–water partition coefficient (Wildman–Crippen LogP) is 4.89. The zero-order valence-electron chi connectivity index (χ0n) is 16.4. The summed E-state index contributed by atoms with van der Waals surface area (Å²) in [5.74, 6) is 1.89. The number of rotatable bonds is 5. The first-order chi connectivity index (χ1) is 14.6. The monoisotopic (exact) mass is 446 g/mol. The molecule has 0 unspecified atom stereocenters. The Morgan fingerprint density at radius 3 is 2.67 bits per heavy atom. The summed E-state index contributed by atoms with van der Waals surface area (Å²) in [5, 5.41) is 5.47. The minimum absolute atomic E-state index is 0.267. The van der Waals surface area contributed by atoms with Gasteiger partial charge >= 0.3 is 0 Å². The number of aromatic nitrogens is 1. The highest BCUT2D eigenvalue weighted by molar-refractivity contribution is 7.13. The molecule has 30 heavy (non-hydrogen) atoms. The summed E-state index contributed by atoms with van der Waals surface area (Å²) < 4.78 is 22.1. The van der Waals surface area contributed by atoms with Gasteiger partial charge in [-0.25, -0.2) is 4.98 Å². The Labute approximate surface area is 182 Å². The van der Waals surface area contributed by atoms with Gasteiger partial charge in [-0.2, -0.15) is 0 Å². The first kappa shape index (κ1) is 20.3. The maximum absolute atomic E-state index is 12.8. The standard InChI is InChI=1S/C21H19ClN2O5S/c1-26-16-6-3-5-12(19(16)27-2)21-24-15(11-30-21)20(25)23-14-10-18-17(9-13(14)22)28-7-4-8-29-18/h3,5-6,9-11H,4,7-8H2,1-2H3,(H,23,25). The van der Waals surface area contributed by atoms with E-state index < -0.39 is 0 Å². The maximum Gasteiger partial charge on any atom is 0.275 e. The topological polar surface area (TPSA) is 78.9 Å². The molecule has 0 spiro atoms. The molecule has 2 aromatic carbocycles. The Balaban J connectivity index is 1.58. The Morgan fingerprint density at radius 1 is 1.17 bits per heavy atom. The van der Waals surface area contributed by atoms with E-state index in [0.29, 0.717) is 51.9 Å². The fourth-order valence-electron chi connectivity index (χ4n) is 3.02. The number of para-hydroxylation sites is 1. The SMILES string of the molecule is COc1cccc(-c2nc(C(=O)Nc3cc4c(cc3Cl)OCCCO4)cs2)c1OC. The van der Waals surface area contributed by atoms with Crippen LogP contribution in [0, 0.1) is 0 Å². The van der Waals surface area contributed by atoms with Gasteiger partial charge in [-0.1, -0.05) is 17.7 Å². The van der Waals surface area contributed by atoms with Crippen LogP contribution in [0.2, 0.25) is 5.02 Å². The van der Waals surface area contributed by atoms with Gasteiger partial charge < -0.3 is 24.3 Å². The van der Waals surface area contributed by atoms with E-state index in [0.717, 1.165) is 12.0 Å². The van der Waals surface area contributed by atoms with Crippen LogP contribution in [0.5, 0.6) is 23.0 Å². The zero-order valence-corrected chi connectivity index (χ0v) is 17.9. The fourth-order valence-corrected chi connectivity index (χ4v) is 4.05. The number of methoxy groups -OCH3 is 2. The number of nitrogens with zero attached hydrogens (tertiary/aromatic N) is 1. The molecular formula is C21H19ClN2O5S. The average Bonchev–Trinajstić information content (AvgIpc) is 3.15. The molecule has 0 aliphatic carbocycles. The lowest BCUT2D eigenvalue weighted by atomic mass is 10.2. The molecule has 1 aromatic heterocycles. The third kappa shape index (κ3) is 4.01. The molecule has 1 N–H and O–H groups in total. The van der Waals surface area contributed by atoms with E-state index in [1.165, 1.54) is 11.3 Å². The van der Waals surface area contributed by atoms with Crippen molar-refractivity contribution in [2.75, 3.05) is 32.8 Å². The molecule has 3 aromatic rings. The summed E-state index contributed by atoms with van der Waals surface area (Å²) in [6, 6.07) is 8.82. The number of carbonyl (C=O) groups is 1. The highest BCUT2D eigenvalue weighted by Crippen LogP contribution is 2.40. The van der Waals surface area contributed by atoms with Gasteiger partial charge in [-0.3, -0.25) is 4.79 Å². The normalized spacial score (nSPS) is 12.8. The molecule has 7 nitrogen and oxygen atoms in total. The van der Waals surface area contributed by atoms with Crippen LogP contribution in [0.3, 0.4) is 0 Å². The van der Waals surface area contributed by atoms with Gasteiger partial charge in [0.25, 0.3) is 5.91 Å². The lowest BCUT2D eigenvalue weighted by Crippen LogP contribution is -2.13. The number of hydrogen-bond donors (Lipinski definition) is 1. The van der Waals surface area contributed by atoms with E-state index in [9.17, 15) is 4.79 Å². The quantitative estimate of drug-likeness (QED) is 0.600. The van der Waals surface area contributed by atoms with Crippen LogP contribution < -0.4 is 24.3 Å². The molecule has 2 heterocycles. The zero-order chi connectivity index (χ0) is 21.1. The van der Waals surface area contributed by atoms with E-state index in [4.69, 9.17) is 30.5 Å². The maximum atomic E-state index is 12.8. The van der Waals surface area contributed by atoms with Crippen molar-refractivity contribution in [2.24, 2.45) is 0 Å². The van der Waals surface area contributed by atoms with E-state index in [1.807, 2.05) is 12.1 Å². The summed E-state index contributed by atoms with van der Waals surface area (Å²) in [7, 11) is 3.14. The van der Waals surface area contributed by atoms with Gasteiger partial charge in [0.2, 0.25) is 0 Å². The van der Waals surface area contributed by atoms with Crippen LogP contribution in [0.1, 0.15) is 16.9 Å². The van der Waals surface area contributed by atoms with Crippen molar-refractivity contribution in [2.45, 2.75) is 6.42 Å². The molecule has 4 rings (SSSR count). The van der Waals surface area contributed by atoms with Crippen molar-refractivity contribution < 1.29 is 23.7 Å². The Bertz CT molecular complexity index is 1090. The van der Waals surface area contributed by atoms with Crippen LogP contribution in [0.15, 0.2) is 35.7 Å². The molecule has 0 fully saturated rings. The second-order valence-electron chi connectivity index (χ2n) is 6.36. The minimum Gasteiger partial charge on any atom is -0.493 e. The number of thiazole rings is 1. The lowest BCUT2D eigenvalue weighted by molar-refractivity contribution is 0.102. The summed E-state index contributed by atoms with van der Waals surface area (Å²) in [5.41, 5.74) is 1.44. The second kappa shape index (κ2) is 8.81. The number of carbonyl (C=O) groups excluding carboxylic acids is 1. The van der Waals surface area contributed by atoms with E-state index in [1.54, 1.807) is 37.8 Å². The summed E-state index contributed by atoms with van der Waals surface area (Å²) in [4.78, 5) is 17.2. The van der Waals surface area contributed by atoms with Gasteiger partial charge in [0.1, 0.15) is 10.7 Å². The minimum atomic E-state index is -0.379. The number of halogens is 1. The Kier molecular flexibility index (Phi) is 5.96. The summed E-state index contributed by atoms with van der Waals surface area (Å²) in [6.45, 7) is 1.10. The molecule has 0 saturated carbocycles. The highest BCUT2D eigenvalue weighted by atomic mass is 35.5. The number of anilines is 1. The first-order valence-corrected chi connectivity index (χ1v) is 10.4. The molecule has 9 heteroatoms. The molecule has 0 radical (unpaired) electrons. The van der Waals surface area contributed by atoms with Crippen molar-refractivity contribution in [3.8, 4) is 33.6 Å². The number of benzene rings is 2. The van der Waals surface area contributed by atoms with Crippen molar-refractivity contribution in [3.63, 3.8) is 0 Å². The molecular weight excluding hydrogens is 428 g/mol. The second-order valence-corrected chi connectivity index (χ2v) is 7.63. The number of hydrogen-bond acceptors (Lipinski definition) is 7. The Morgan fingerprint density at radius 2 is 1.93 bits per heavy atom. The summed E-state index contributed by atoms with van der Waals surface area (Å²) in [6.07, 6.45) is 0.781. The molecule has 1 aliphatic rings. The van der Waals surface area contributed by atoms with E-state index in [2.05, 4.69) is 10.3 Å². The first-order valence-electron chi connectivity index (χ1n) is 9.18. The van der Waals surface area contributed by atoms with Crippen LogP contribution in [0.4, 0.5) is 5.69 Å². The van der Waals surface area contributed by atoms with Crippen LogP contribution in [0.25, 0.3) is 10.6 Å². The lowest BCUT2D eigenvalue weighted by Gasteiger charge is -2.12. The van der Waals surface area contributed by atoms with E-state index >= 15 is 0 Å². The van der Waals surface area contributed by atoms with Crippen LogP contribution in [-0.2, 0) is 0 Å². The van der Waals surface area contributed by atoms with Crippen LogP contribution >= 0.6 is 22.9 Å². The van der Waals surface area contributed by atoms with Gasteiger partial charge in [-0.05, 0) is 12.1 Å². The number of fused-ring (bicyclic) bond motifs is 1. The summed E-state index contributed by atoms with van der Waals surface area (Å²) >= 11 is 7.66. The number of ether oxygens (including phenoxy) is 4. The molecule has 156 valence electrons. The average molecular weight is 447 g/mol. The van der Waals surface area contributed by atoms with Gasteiger partial charge in [-0.15, -0.1) is 11.3 Å². The molecule has 1 aliphatic heterocycles. The van der Waals surface area contributed by atoms with Crippen molar-refractivity contribution in [1.82, 2.24) is 4.98 Å². The fraction of sp³-hybridized carbons (Fsp3) is 0.238. The van der Waals surface area contributed by atoms with Gasteiger partial charge in [0.15, 0.2) is 23.0 Å². The number of nitrogens with one attached hydrogen (secondary N) is 1. The third-order valence-electron chi connectivity index (χ3n) is 4.46. The highest BCUT2D eigenvalue weighted by Gasteiger charge is 2.19. The number of amides is 1. The Hall–Kier alpha value is -2.97. The molecule has 1 amide bonds. The smallest absolute Gasteiger partial charge is 0.275 e. The molecule has 0 bridgehead atoms. The van der Waals surface area contributed by atoms with Gasteiger partial charge in [0, 0.05) is 23.9 Å². The third-order valence-corrected chi connectivity index (χ3v) is 5.64. The molecule has 0 atom stereocenters. The predicted molar refractivity (Wildman–Crippen MR) is 116 cm³/mol. The largest absolute Gasteiger partial charge is 0.493 e. The van der Waals surface area contributed by atoms with Crippen LogP contribution in [-0.4, -0.2) is 38.3 Å². The van der Waals surface area contributed by atoms with Crippen molar-refractivity contribution in [1.29, 1.82) is 0 Å². The van der Waals surface area contributed by atoms with Crippen molar-refractivity contribution in [3.05, 3.63) is 46.4 Å².